The molecule has 1 fully saturated rings. The van der Waals surface area contributed by atoms with Gasteiger partial charge in [-0.15, -0.1) is 5.10 Å². The standard InChI is InChI=1S/C19H28N6O2/c1-13(27-19(2,3)4)20-11-6-12-21-15-7-5-8-16-22-18(24-25(15)16)23-17(26)14-9-10-14/h5,7-8,14,20-21H,1,6,9-12H2,2-4H3,(H,23,24,26). The molecular formula is C19H28N6O2. The van der Waals surface area contributed by atoms with Crippen LogP contribution in [-0.2, 0) is 9.53 Å². The molecule has 1 amide bonds. The Hall–Kier alpha value is -2.77. The predicted octanol–water partition coefficient (Wildman–Crippen LogP) is 2.76. The molecule has 8 nitrogen and oxygen atoms in total. The van der Waals surface area contributed by atoms with Crippen molar-refractivity contribution in [3.8, 4) is 0 Å². The lowest BCUT2D eigenvalue weighted by Gasteiger charge is -2.23. The molecule has 0 saturated heterocycles. The number of pyridine rings is 1. The van der Waals surface area contributed by atoms with Crippen molar-refractivity contribution in [2.45, 2.75) is 45.6 Å². The van der Waals surface area contributed by atoms with E-state index in [1.54, 1.807) is 4.52 Å². The fraction of sp³-hybridized carbons (Fsp3) is 0.526. The fourth-order valence-corrected chi connectivity index (χ4v) is 2.59. The molecule has 0 atom stereocenters. The second-order valence-corrected chi connectivity index (χ2v) is 7.72. The van der Waals surface area contributed by atoms with Crippen molar-refractivity contribution in [3.63, 3.8) is 0 Å². The Morgan fingerprint density at radius 2 is 2.11 bits per heavy atom. The summed E-state index contributed by atoms with van der Waals surface area (Å²) in [5.41, 5.74) is 0.439. The van der Waals surface area contributed by atoms with Crippen LogP contribution in [0.15, 0.2) is 30.7 Å². The van der Waals surface area contributed by atoms with Crippen molar-refractivity contribution in [2.75, 3.05) is 23.7 Å². The van der Waals surface area contributed by atoms with E-state index in [-0.39, 0.29) is 17.4 Å². The number of rotatable bonds is 9. The zero-order valence-electron chi connectivity index (χ0n) is 16.2. The van der Waals surface area contributed by atoms with Crippen LogP contribution in [0.4, 0.5) is 11.8 Å². The van der Waals surface area contributed by atoms with E-state index in [0.29, 0.717) is 17.5 Å². The number of carbonyl (C=O) groups excluding carboxylic acids is 1. The Morgan fingerprint density at radius 3 is 2.81 bits per heavy atom. The first kappa shape index (κ1) is 19.0. The zero-order chi connectivity index (χ0) is 19.4. The van der Waals surface area contributed by atoms with Crippen LogP contribution in [0, 0.1) is 5.92 Å². The molecule has 2 aromatic heterocycles. The Kier molecular flexibility index (Phi) is 5.53. The lowest BCUT2D eigenvalue weighted by Crippen LogP contribution is -2.26. The molecule has 1 saturated carbocycles. The van der Waals surface area contributed by atoms with Gasteiger partial charge in [0.1, 0.15) is 11.4 Å². The predicted molar refractivity (Wildman–Crippen MR) is 105 cm³/mol. The number of nitrogens with zero attached hydrogens (tertiary/aromatic N) is 3. The number of fused-ring (bicyclic) bond motifs is 1. The summed E-state index contributed by atoms with van der Waals surface area (Å²) in [4.78, 5) is 16.2. The molecule has 0 aliphatic heterocycles. The van der Waals surface area contributed by atoms with Gasteiger partial charge >= 0.3 is 0 Å². The number of amides is 1. The third-order valence-electron chi connectivity index (χ3n) is 3.95. The molecular weight excluding hydrogens is 344 g/mol. The van der Waals surface area contributed by atoms with Crippen molar-refractivity contribution < 1.29 is 9.53 Å². The van der Waals surface area contributed by atoms with E-state index in [2.05, 4.69) is 32.6 Å². The quantitative estimate of drug-likeness (QED) is 0.463. The highest BCUT2D eigenvalue weighted by Crippen LogP contribution is 2.29. The summed E-state index contributed by atoms with van der Waals surface area (Å²) in [7, 11) is 0. The summed E-state index contributed by atoms with van der Waals surface area (Å²) >= 11 is 0. The molecule has 0 spiro atoms. The number of anilines is 2. The van der Waals surface area contributed by atoms with Crippen molar-refractivity contribution in [2.24, 2.45) is 5.92 Å². The molecule has 146 valence electrons. The van der Waals surface area contributed by atoms with E-state index in [9.17, 15) is 4.79 Å². The molecule has 3 N–H and O–H groups in total. The second-order valence-electron chi connectivity index (χ2n) is 7.72. The lowest BCUT2D eigenvalue weighted by atomic mass is 10.2. The first-order valence-electron chi connectivity index (χ1n) is 9.34. The van der Waals surface area contributed by atoms with E-state index in [0.717, 1.165) is 38.2 Å². The van der Waals surface area contributed by atoms with Crippen molar-refractivity contribution in [3.05, 3.63) is 30.7 Å². The second kappa shape index (κ2) is 7.85. The Bertz CT molecular complexity index is 819. The van der Waals surface area contributed by atoms with Gasteiger partial charge in [-0.1, -0.05) is 6.07 Å². The lowest BCUT2D eigenvalue weighted by molar-refractivity contribution is -0.117. The highest BCUT2D eigenvalue weighted by molar-refractivity contribution is 5.92. The van der Waals surface area contributed by atoms with Crippen LogP contribution in [0.25, 0.3) is 5.65 Å². The van der Waals surface area contributed by atoms with Gasteiger partial charge in [0, 0.05) is 19.0 Å². The molecule has 0 bridgehead atoms. The molecule has 0 radical (unpaired) electrons. The maximum absolute atomic E-state index is 11.9. The SMILES string of the molecule is C=C(NCCCNc1cccc2nc(NC(=O)C3CC3)nn12)OC(C)(C)C. The van der Waals surface area contributed by atoms with Gasteiger partial charge in [-0.3, -0.25) is 10.1 Å². The fourth-order valence-electron chi connectivity index (χ4n) is 2.59. The van der Waals surface area contributed by atoms with Crippen molar-refractivity contribution in [1.82, 2.24) is 19.9 Å². The van der Waals surface area contributed by atoms with Gasteiger partial charge in [0.25, 0.3) is 0 Å². The van der Waals surface area contributed by atoms with Gasteiger partial charge < -0.3 is 15.4 Å². The van der Waals surface area contributed by atoms with Crippen LogP contribution in [-0.4, -0.2) is 39.2 Å². The van der Waals surface area contributed by atoms with Crippen LogP contribution >= 0.6 is 0 Å². The first-order chi connectivity index (χ1) is 12.8. The Morgan fingerprint density at radius 1 is 1.33 bits per heavy atom. The highest BCUT2D eigenvalue weighted by Gasteiger charge is 2.30. The summed E-state index contributed by atoms with van der Waals surface area (Å²) in [6.45, 7) is 11.3. The Balaban J connectivity index is 1.49. The van der Waals surface area contributed by atoms with Gasteiger partial charge in [0.2, 0.25) is 11.9 Å². The molecule has 2 aromatic rings. The van der Waals surface area contributed by atoms with Gasteiger partial charge in [-0.25, -0.2) is 0 Å². The number of carbonyl (C=O) groups is 1. The van der Waals surface area contributed by atoms with Crippen LogP contribution in [0.1, 0.15) is 40.0 Å². The van der Waals surface area contributed by atoms with Gasteiger partial charge in [-0.2, -0.15) is 9.50 Å². The minimum atomic E-state index is -0.252. The smallest absolute Gasteiger partial charge is 0.249 e. The number of hydrogen-bond donors (Lipinski definition) is 3. The van der Waals surface area contributed by atoms with Crippen LogP contribution in [0.2, 0.25) is 0 Å². The van der Waals surface area contributed by atoms with Crippen molar-refractivity contribution >= 4 is 23.3 Å². The van der Waals surface area contributed by atoms with E-state index in [1.807, 2.05) is 39.0 Å². The van der Waals surface area contributed by atoms with Gasteiger partial charge in [0.05, 0.1) is 0 Å². The van der Waals surface area contributed by atoms with E-state index in [1.165, 1.54) is 0 Å². The molecule has 27 heavy (non-hydrogen) atoms. The van der Waals surface area contributed by atoms with Crippen LogP contribution < -0.4 is 16.0 Å². The van der Waals surface area contributed by atoms with Crippen LogP contribution in [0.3, 0.4) is 0 Å². The van der Waals surface area contributed by atoms with Gasteiger partial charge in [-0.05, 0) is 58.7 Å². The molecule has 3 rings (SSSR count). The maximum Gasteiger partial charge on any atom is 0.249 e. The van der Waals surface area contributed by atoms with Gasteiger partial charge in [0.15, 0.2) is 11.5 Å². The Labute approximate surface area is 159 Å². The summed E-state index contributed by atoms with van der Waals surface area (Å²) < 4.78 is 7.34. The molecule has 8 heteroatoms. The van der Waals surface area contributed by atoms with E-state index in [4.69, 9.17) is 4.74 Å². The molecule has 0 unspecified atom stereocenters. The maximum atomic E-state index is 11.9. The normalized spacial score (nSPS) is 14.0. The van der Waals surface area contributed by atoms with E-state index < -0.39 is 0 Å². The highest BCUT2D eigenvalue weighted by atomic mass is 16.5. The third kappa shape index (κ3) is 5.60. The summed E-state index contributed by atoms with van der Waals surface area (Å²) in [6, 6.07) is 5.71. The molecule has 1 aliphatic carbocycles. The number of ether oxygens (including phenoxy) is 1. The van der Waals surface area contributed by atoms with Crippen molar-refractivity contribution in [1.29, 1.82) is 0 Å². The number of aromatic nitrogens is 3. The molecule has 0 aromatic carbocycles. The minimum absolute atomic E-state index is 0.00388. The molecule has 2 heterocycles. The largest absolute Gasteiger partial charge is 0.474 e. The average molecular weight is 372 g/mol. The monoisotopic (exact) mass is 372 g/mol. The summed E-state index contributed by atoms with van der Waals surface area (Å²) in [5, 5.41) is 13.7. The number of nitrogens with one attached hydrogen (secondary N) is 3. The average Bonchev–Trinajstić information content (AvgIpc) is 3.34. The van der Waals surface area contributed by atoms with E-state index >= 15 is 0 Å². The summed E-state index contributed by atoms with van der Waals surface area (Å²) in [6.07, 6.45) is 2.78. The topological polar surface area (TPSA) is 92.6 Å². The minimum Gasteiger partial charge on any atom is -0.474 e. The first-order valence-corrected chi connectivity index (χ1v) is 9.34. The summed E-state index contributed by atoms with van der Waals surface area (Å²) in [5.74, 6) is 1.88. The van der Waals surface area contributed by atoms with Crippen LogP contribution in [0.5, 0.6) is 0 Å². The zero-order valence-corrected chi connectivity index (χ0v) is 16.2. The number of hydrogen-bond acceptors (Lipinski definition) is 6. The third-order valence-corrected chi connectivity index (χ3v) is 3.95. The molecule has 1 aliphatic rings.